The average Bonchev–Trinajstić information content (AvgIpc) is 3.20. The van der Waals surface area contributed by atoms with Crippen molar-refractivity contribution in [3.63, 3.8) is 0 Å². The van der Waals surface area contributed by atoms with Crippen molar-refractivity contribution >= 4 is 11.6 Å². The highest BCUT2D eigenvalue weighted by Gasteiger charge is 2.19. The highest BCUT2D eigenvalue weighted by Crippen LogP contribution is 2.19. The first kappa shape index (κ1) is 14.0. The maximum Gasteiger partial charge on any atom is 0.250 e. The molecule has 4 nitrogen and oxygen atoms in total. The molecule has 1 amide bonds. The summed E-state index contributed by atoms with van der Waals surface area (Å²) in [7, 11) is 0. The summed E-state index contributed by atoms with van der Waals surface area (Å²) in [6, 6.07) is 8.64. The summed E-state index contributed by atoms with van der Waals surface area (Å²) in [5, 5.41) is 6.28. The highest BCUT2D eigenvalue weighted by molar-refractivity contribution is 5.91. The number of ether oxygens (including phenoxy) is 1. The molecule has 1 aliphatic carbocycles. The van der Waals surface area contributed by atoms with Crippen LogP contribution in [0.25, 0.3) is 0 Å². The van der Waals surface area contributed by atoms with Crippen LogP contribution in [0.15, 0.2) is 24.3 Å². The van der Waals surface area contributed by atoms with Crippen LogP contribution in [0.3, 0.4) is 0 Å². The van der Waals surface area contributed by atoms with Crippen LogP contribution in [0.1, 0.15) is 32.3 Å². The molecule has 0 spiro atoms. The molecule has 0 atom stereocenters. The lowest BCUT2D eigenvalue weighted by Crippen LogP contribution is -2.20. The van der Waals surface area contributed by atoms with Crippen molar-refractivity contribution in [1.82, 2.24) is 5.32 Å². The van der Waals surface area contributed by atoms with Gasteiger partial charge in [-0.1, -0.05) is 12.1 Å². The van der Waals surface area contributed by atoms with Crippen LogP contribution < -0.4 is 10.6 Å². The minimum atomic E-state index is -0.113. The third-order valence-corrected chi connectivity index (χ3v) is 2.96. The van der Waals surface area contributed by atoms with Gasteiger partial charge >= 0.3 is 0 Å². The zero-order chi connectivity index (χ0) is 13.7. The Morgan fingerprint density at radius 2 is 2.00 bits per heavy atom. The summed E-state index contributed by atoms with van der Waals surface area (Å²) in [6.07, 6.45) is 2.66. The van der Waals surface area contributed by atoms with Crippen molar-refractivity contribution in [3.8, 4) is 0 Å². The first-order chi connectivity index (χ1) is 9.13. The molecule has 0 bridgehead atoms. The molecule has 0 heterocycles. The molecule has 4 heteroatoms. The van der Waals surface area contributed by atoms with Gasteiger partial charge in [-0.05, 0) is 44.4 Å². The fourth-order valence-corrected chi connectivity index (χ4v) is 1.70. The van der Waals surface area contributed by atoms with Crippen molar-refractivity contribution in [1.29, 1.82) is 0 Å². The summed E-state index contributed by atoms with van der Waals surface area (Å²) in [5.41, 5.74) is 2.05. The minimum absolute atomic E-state index is 0.0709. The van der Waals surface area contributed by atoms with Crippen molar-refractivity contribution in [2.45, 2.75) is 45.4 Å². The predicted molar refractivity (Wildman–Crippen MR) is 76.0 cm³/mol. The molecule has 19 heavy (non-hydrogen) atoms. The van der Waals surface area contributed by atoms with E-state index in [0.717, 1.165) is 12.2 Å². The lowest BCUT2D eigenvalue weighted by molar-refractivity contribution is -0.121. The Balaban J connectivity index is 1.75. The first-order valence-electron chi connectivity index (χ1n) is 6.87. The number of hydrogen-bond donors (Lipinski definition) is 2. The molecule has 1 aromatic rings. The number of benzene rings is 1. The van der Waals surface area contributed by atoms with Crippen LogP contribution in [0.2, 0.25) is 0 Å². The van der Waals surface area contributed by atoms with Crippen molar-refractivity contribution in [2.75, 3.05) is 11.9 Å². The van der Waals surface area contributed by atoms with Crippen LogP contribution >= 0.6 is 0 Å². The van der Waals surface area contributed by atoms with Gasteiger partial charge in [0.15, 0.2) is 0 Å². The average molecular weight is 262 g/mol. The summed E-state index contributed by atoms with van der Waals surface area (Å²) in [4.78, 5) is 11.6. The maximum absolute atomic E-state index is 11.6. The van der Waals surface area contributed by atoms with Crippen molar-refractivity contribution in [2.24, 2.45) is 0 Å². The van der Waals surface area contributed by atoms with Crippen LogP contribution in [0.4, 0.5) is 5.69 Å². The van der Waals surface area contributed by atoms with E-state index >= 15 is 0 Å². The Hall–Kier alpha value is -1.39. The number of hydrogen-bond acceptors (Lipinski definition) is 3. The highest BCUT2D eigenvalue weighted by atomic mass is 16.5. The van der Waals surface area contributed by atoms with Gasteiger partial charge in [-0.25, -0.2) is 0 Å². The second-order valence-electron chi connectivity index (χ2n) is 5.26. The summed E-state index contributed by atoms with van der Waals surface area (Å²) < 4.78 is 5.25. The lowest BCUT2D eigenvalue weighted by atomic mass is 10.2. The largest absolute Gasteiger partial charge is 0.369 e. The Kier molecular flexibility index (Phi) is 4.93. The molecule has 0 aromatic heterocycles. The minimum Gasteiger partial charge on any atom is -0.369 e. The predicted octanol–water partition coefficient (Wildman–Crippen LogP) is 2.30. The fourth-order valence-electron chi connectivity index (χ4n) is 1.70. The Bertz CT molecular complexity index is 411. The van der Waals surface area contributed by atoms with Gasteiger partial charge in [-0.3, -0.25) is 4.79 Å². The molecule has 0 aliphatic heterocycles. The van der Waals surface area contributed by atoms with Crippen LogP contribution in [0, 0.1) is 0 Å². The first-order valence-corrected chi connectivity index (χ1v) is 6.87. The normalized spacial score (nSPS) is 14.7. The third kappa shape index (κ3) is 5.41. The second kappa shape index (κ2) is 6.68. The molecular formula is C15H22N2O2. The van der Waals surface area contributed by atoms with Gasteiger partial charge in [-0.15, -0.1) is 0 Å². The van der Waals surface area contributed by atoms with Gasteiger partial charge in [0.05, 0.1) is 6.10 Å². The van der Waals surface area contributed by atoms with Crippen LogP contribution in [0.5, 0.6) is 0 Å². The Morgan fingerprint density at radius 1 is 1.32 bits per heavy atom. The quantitative estimate of drug-likeness (QED) is 0.792. The fraction of sp³-hybridized carbons (Fsp3) is 0.533. The molecule has 2 rings (SSSR count). The second-order valence-corrected chi connectivity index (χ2v) is 5.26. The summed E-state index contributed by atoms with van der Waals surface area (Å²) >= 11 is 0. The van der Waals surface area contributed by atoms with E-state index in [1.54, 1.807) is 0 Å². The topological polar surface area (TPSA) is 50.4 Å². The molecule has 2 N–H and O–H groups in total. The lowest BCUT2D eigenvalue weighted by Gasteiger charge is -2.09. The molecule has 1 fully saturated rings. The number of anilines is 1. The Labute approximate surface area is 114 Å². The van der Waals surface area contributed by atoms with Crippen LogP contribution in [-0.2, 0) is 16.1 Å². The molecule has 0 saturated heterocycles. The van der Waals surface area contributed by atoms with Gasteiger partial charge in [0.1, 0.15) is 6.61 Å². The zero-order valence-corrected chi connectivity index (χ0v) is 11.6. The standard InChI is InChI=1S/C15H22N2O2/c1-11(2)19-10-15(18)17-14-5-3-12(4-6-14)9-16-13-7-8-13/h3-6,11,13,16H,7-10H2,1-2H3,(H,17,18). The van der Waals surface area contributed by atoms with Gasteiger partial charge in [0.2, 0.25) is 5.91 Å². The van der Waals surface area contributed by atoms with E-state index in [4.69, 9.17) is 4.74 Å². The van der Waals surface area contributed by atoms with Gasteiger partial charge < -0.3 is 15.4 Å². The molecule has 0 radical (unpaired) electrons. The van der Waals surface area contributed by atoms with Crippen molar-refractivity contribution in [3.05, 3.63) is 29.8 Å². The third-order valence-electron chi connectivity index (χ3n) is 2.96. The zero-order valence-electron chi connectivity index (χ0n) is 11.6. The maximum atomic E-state index is 11.6. The SMILES string of the molecule is CC(C)OCC(=O)Nc1ccc(CNC2CC2)cc1. The molecule has 1 saturated carbocycles. The molecule has 1 aliphatic rings. The molecular weight excluding hydrogens is 240 g/mol. The Morgan fingerprint density at radius 3 is 2.58 bits per heavy atom. The smallest absolute Gasteiger partial charge is 0.250 e. The van der Waals surface area contributed by atoms with Crippen LogP contribution in [-0.4, -0.2) is 24.7 Å². The number of amides is 1. The monoisotopic (exact) mass is 262 g/mol. The van der Waals surface area contributed by atoms with E-state index < -0.39 is 0 Å². The number of carbonyl (C=O) groups excluding carboxylic acids is 1. The van der Waals surface area contributed by atoms with E-state index in [-0.39, 0.29) is 18.6 Å². The van der Waals surface area contributed by atoms with Gasteiger partial charge in [0.25, 0.3) is 0 Å². The van der Waals surface area contributed by atoms with E-state index in [2.05, 4.69) is 10.6 Å². The van der Waals surface area contributed by atoms with E-state index in [1.165, 1.54) is 18.4 Å². The number of nitrogens with one attached hydrogen (secondary N) is 2. The van der Waals surface area contributed by atoms with Gasteiger partial charge in [-0.2, -0.15) is 0 Å². The molecule has 1 aromatic carbocycles. The summed E-state index contributed by atoms with van der Waals surface area (Å²) in [6.45, 7) is 4.82. The summed E-state index contributed by atoms with van der Waals surface area (Å²) in [5.74, 6) is -0.113. The van der Waals surface area contributed by atoms with Crippen molar-refractivity contribution < 1.29 is 9.53 Å². The molecule has 0 unspecified atom stereocenters. The number of rotatable bonds is 7. The van der Waals surface area contributed by atoms with E-state index in [1.807, 2.05) is 38.1 Å². The van der Waals surface area contributed by atoms with E-state index in [0.29, 0.717) is 6.04 Å². The van der Waals surface area contributed by atoms with Gasteiger partial charge in [0, 0.05) is 18.3 Å². The van der Waals surface area contributed by atoms with E-state index in [9.17, 15) is 4.79 Å². The number of carbonyl (C=O) groups is 1. The molecule has 104 valence electrons.